The van der Waals surface area contributed by atoms with Gasteiger partial charge in [-0.05, 0) is 24.1 Å². The molecule has 1 atom stereocenters. The summed E-state index contributed by atoms with van der Waals surface area (Å²) in [5.74, 6) is -0.421. The van der Waals surface area contributed by atoms with Gasteiger partial charge in [-0.25, -0.2) is 4.39 Å². The highest BCUT2D eigenvalue weighted by molar-refractivity contribution is 6.30. The monoisotopic (exact) mass is 213 g/mol. The van der Waals surface area contributed by atoms with E-state index in [0.717, 1.165) is 12.0 Å². The Morgan fingerprint density at radius 3 is 2.86 bits per heavy atom. The van der Waals surface area contributed by atoms with Gasteiger partial charge in [0.1, 0.15) is 5.82 Å². The summed E-state index contributed by atoms with van der Waals surface area (Å²) in [5.41, 5.74) is 0.776. The third-order valence-corrected chi connectivity index (χ3v) is 2.65. The molecule has 1 saturated heterocycles. The highest BCUT2D eigenvalue weighted by Crippen LogP contribution is 2.26. The maximum Gasteiger partial charge on any atom is 0.220 e. The second-order valence-corrected chi connectivity index (χ2v) is 3.74. The number of nitrogens with one attached hydrogen (secondary N) is 1. The van der Waals surface area contributed by atoms with Crippen LogP contribution >= 0.6 is 11.6 Å². The lowest BCUT2D eigenvalue weighted by Crippen LogP contribution is -2.18. The van der Waals surface area contributed by atoms with Crippen LogP contribution in [0.15, 0.2) is 18.2 Å². The van der Waals surface area contributed by atoms with Crippen molar-refractivity contribution in [1.29, 1.82) is 0 Å². The number of hydrogen-bond acceptors (Lipinski definition) is 1. The summed E-state index contributed by atoms with van der Waals surface area (Å²) >= 11 is 5.55. The topological polar surface area (TPSA) is 29.1 Å². The first-order chi connectivity index (χ1) is 6.66. The summed E-state index contributed by atoms with van der Waals surface area (Å²) in [5, 5.41) is 2.88. The van der Waals surface area contributed by atoms with Crippen LogP contribution in [0, 0.1) is 5.82 Å². The molecular weight excluding hydrogens is 205 g/mol. The van der Waals surface area contributed by atoms with E-state index < -0.39 is 5.82 Å². The van der Waals surface area contributed by atoms with E-state index in [-0.39, 0.29) is 17.0 Å². The summed E-state index contributed by atoms with van der Waals surface area (Å²) in [7, 11) is 0. The fourth-order valence-electron chi connectivity index (χ4n) is 1.59. The van der Waals surface area contributed by atoms with E-state index in [4.69, 9.17) is 11.6 Å². The molecule has 0 spiro atoms. The van der Waals surface area contributed by atoms with Crippen molar-refractivity contribution in [2.75, 3.05) is 0 Å². The first-order valence-corrected chi connectivity index (χ1v) is 4.79. The Bertz CT molecular complexity index is 380. The van der Waals surface area contributed by atoms with Crippen molar-refractivity contribution in [3.63, 3.8) is 0 Å². The van der Waals surface area contributed by atoms with Crippen LogP contribution < -0.4 is 5.32 Å². The van der Waals surface area contributed by atoms with Gasteiger partial charge in [-0.3, -0.25) is 4.79 Å². The second kappa shape index (κ2) is 3.58. The van der Waals surface area contributed by atoms with Crippen LogP contribution in [0.2, 0.25) is 5.02 Å². The van der Waals surface area contributed by atoms with E-state index in [1.54, 1.807) is 6.07 Å². The first kappa shape index (κ1) is 9.46. The predicted octanol–water partition coefficient (Wildman–Crippen LogP) is 2.43. The molecule has 14 heavy (non-hydrogen) atoms. The van der Waals surface area contributed by atoms with E-state index in [1.165, 1.54) is 12.1 Å². The molecule has 0 radical (unpaired) electrons. The van der Waals surface area contributed by atoms with Crippen molar-refractivity contribution in [2.24, 2.45) is 0 Å². The molecule has 2 nitrogen and oxygen atoms in total. The number of hydrogen-bond donors (Lipinski definition) is 1. The van der Waals surface area contributed by atoms with E-state index in [2.05, 4.69) is 5.32 Å². The van der Waals surface area contributed by atoms with Gasteiger partial charge < -0.3 is 5.32 Å². The van der Waals surface area contributed by atoms with E-state index in [1.807, 2.05) is 0 Å². The SMILES string of the molecule is O=C1CCC(c2ccc(Cl)c(F)c2)N1. The standard InChI is InChI=1S/C10H9ClFNO/c11-7-2-1-6(5-8(7)12)9-3-4-10(14)13-9/h1-2,5,9H,3-4H2,(H,13,14). The molecule has 0 saturated carbocycles. The number of carbonyl (C=O) groups excluding carboxylic acids is 1. The molecule has 1 unspecified atom stereocenters. The zero-order valence-corrected chi connectivity index (χ0v) is 8.14. The zero-order chi connectivity index (χ0) is 10.1. The molecule has 1 amide bonds. The normalized spacial score (nSPS) is 21.0. The maximum absolute atomic E-state index is 13.1. The Morgan fingerprint density at radius 1 is 1.50 bits per heavy atom. The van der Waals surface area contributed by atoms with Gasteiger partial charge in [-0.2, -0.15) is 0 Å². The van der Waals surface area contributed by atoms with Gasteiger partial charge >= 0.3 is 0 Å². The summed E-state index contributed by atoms with van der Waals surface area (Å²) in [4.78, 5) is 10.9. The molecular formula is C10H9ClFNO. The van der Waals surface area contributed by atoms with Crippen molar-refractivity contribution in [3.05, 3.63) is 34.6 Å². The molecule has 1 N–H and O–H groups in total. The van der Waals surface area contributed by atoms with Gasteiger partial charge in [0.25, 0.3) is 0 Å². The summed E-state index contributed by atoms with van der Waals surface area (Å²) in [6, 6.07) is 4.56. The van der Waals surface area contributed by atoms with E-state index in [0.29, 0.717) is 6.42 Å². The van der Waals surface area contributed by atoms with Crippen molar-refractivity contribution >= 4 is 17.5 Å². The first-order valence-electron chi connectivity index (χ1n) is 4.41. The Labute approximate surface area is 86.1 Å². The van der Waals surface area contributed by atoms with Crippen LogP contribution in [0.4, 0.5) is 4.39 Å². The zero-order valence-electron chi connectivity index (χ0n) is 7.39. The highest BCUT2D eigenvalue weighted by Gasteiger charge is 2.22. The number of halogens is 2. The molecule has 1 fully saturated rings. The summed E-state index contributed by atoms with van der Waals surface area (Å²) in [6.07, 6.45) is 1.23. The fraction of sp³-hybridized carbons (Fsp3) is 0.300. The maximum atomic E-state index is 13.1. The highest BCUT2D eigenvalue weighted by atomic mass is 35.5. The molecule has 1 aromatic carbocycles. The van der Waals surface area contributed by atoms with Crippen LogP contribution in [0.3, 0.4) is 0 Å². The minimum atomic E-state index is -0.440. The molecule has 1 aromatic rings. The molecule has 0 aliphatic carbocycles. The van der Waals surface area contributed by atoms with Crippen molar-refractivity contribution < 1.29 is 9.18 Å². The van der Waals surface area contributed by atoms with E-state index >= 15 is 0 Å². The molecule has 74 valence electrons. The lowest BCUT2D eigenvalue weighted by Gasteiger charge is -2.10. The minimum absolute atomic E-state index is 0.0189. The molecule has 1 aliphatic rings. The van der Waals surface area contributed by atoms with Crippen molar-refractivity contribution in [1.82, 2.24) is 5.32 Å². The van der Waals surface area contributed by atoms with Gasteiger partial charge in [0.2, 0.25) is 5.91 Å². The lowest BCUT2D eigenvalue weighted by molar-refractivity contribution is -0.119. The predicted molar refractivity (Wildman–Crippen MR) is 51.5 cm³/mol. The Hall–Kier alpha value is -1.09. The third kappa shape index (κ3) is 1.73. The molecule has 1 aliphatic heterocycles. The van der Waals surface area contributed by atoms with Gasteiger partial charge in [0.15, 0.2) is 0 Å². The van der Waals surface area contributed by atoms with Crippen LogP contribution in [0.5, 0.6) is 0 Å². The lowest BCUT2D eigenvalue weighted by atomic mass is 10.1. The Morgan fingerprint density at radius 2 is 2.29 bits per heavy atom. The smallest absolute Gasteiger partial charge is 0.220 e. The molecule has 1 heterocycles. The van der Waals surface area contributed by atoms with Crippen molar-refractivity contribution in [3.8, 4) is 0 Å². The molecule has 0 aromatic heterocycles. The van der Waals surface area contributed by atoms with Crippen LogP contribution in [-0.2, 0) is 4.79 Å². The van der Waals surface area contributed by atoms with Crippen LogP contribution in [0.25, 0.3) is 0 Å². The Balaban J connectivity index is 2.24. The van der Waals surface area contributed by atoms with Gasteiger partial charge in [0.05, 0.1) is 11.1 Å². The average molecular weight is 214 g/mol. The fourth-order valence-corrected chi connectivity index (χ4v) is 1.71. The molecule has 2 rings (SSSR count). The third-order valence-electron chi connectivity index (χ3n) is 2.34. The summed E-state index contributed by atoms with van der Waals surface area (Å²) in [6.45, 7) is 0. The van der Waals surface area contributed by atoms with Crippen molar-refractivity contribution in [2.45, 2.75) is 18.9 Å². The van der Waals surface area contributed by atoms with Gasteiger partial charge in [-0.1, -0.05) is 17.7 Å². The number of rotatable bonds is 1. The van der Waals surface area contributed by atoms with Crippen LogP contribution in [-0.4, -0.2) is 5.91 Å². The molecule has 0 bridgehead atoms. The quantitative estimate of drug-likeness (QED) is 0.763. The Kier molecular flexibility index (Phi) is 2.42. The summed E-state index contributed by atoms with van der Waals surface area (Å²) < 4.78 is 13.1. The number of benzene rings is 1. The average Bonchev–Trinajstić information content (AvgIpc) is 2.57. The van der Waals surface area contributed by atoms with Gasteiger partial charge in [0, 0.05) is 6.42 Å². The number of carbonyl (C=O) groups is 1. The molecule has 4 heteroatoms. The number of amides is 1. The van der Waals surface area contributed by atoms with Crippen LogP contribution in [0.1, 0.15) is 24.4 Å². The second-order valence-electron chi connectivity index (χ2n) is 3.33. The largest absolute Gasteiger partial charge is 0.349 e. The van der Waals surface area contributed by atoms with E-state index in [9.17, 15) is 9.18 Å². The van der Waals surface area contributed by atoms with Gasteiger partial charge in [-0.15, -0.1) is 0 Å². The minimum Gasteiger partial charge on any atom is -0.349 e.